The summed E-state index contributed by atoms with van der Waals surface area (Å²) in [5, 5.41) is 6.67. The Bertz CT molecular complexity index is 335. The summed E-state index contributed by atoms with van der Waals surface area (Å²) in [6, 6.07) is 0. The maximum atomic E-state index is 11.6. The molecule has 1 heterocycles. The largest absolute Gasteiger partial charge is 0.479 e. The van der Waals surface area contributed by atoms with Gasteiger partial charge in [0.1, 0.15) is 5.56 Å². The van der Waals surface area contributed by atoms with E-state index in [1.165, 1.54) is 11.8 Å². The maximum absolute atomic E-state index is 11.6. The lowest BCUT2D eigenvalue weighted by Crippen LogP contribution is -2.26. The Balaban J connectivity index is 2.64. The molecule has 1 aromatic heterocycles. The number of nitrogens with zero attached hydrogens (tertiary/aromatic N) is 2. The predicted octanol–water partition coefficient (Wildman–Crippen LogP) is -0.195. The van der Waals surface area contributed by atoms with Crippen LogP contribution in [0.1, 0.15) is 10.4 Å². The van der Waals surface area contributed by atoms with Crippen molar-refractivity contribution in [3.05, 3.63) is 11.8 Å². The molecule has 0 saturated carbocycles. The molecule has 0 unspecified atom stereocenters. The number of rotatable bonds is 5. The third kappa shape index (κ3) is 2.95. The number of aryl methyl sites for hydroxylation is 1. The number of carbonyl (C=O) groups excluding carboxylic acids is 1. The smallest absolute Gasteiger partial charge is 0.258 e. The molecule has 0 aromatic carbocycles. The second kappa shape index (κ2) is 5.35. The zero-order valence-electron chi connectivity index (χ0n) is 9.11. The van der Waals surface area contributed by atoms with Gasteiger partial charge in [0.2, 0.25) is 5.88 Å². The molecular formula is C9H15N3O3. The number of amides is 1. The third-order valence-electron chi connectivity index (χ3n) is 1.82. The van der Waals surface area contributed by atoms with Crippen LogP contribution < -0.4 is 10.1 Å². The maximum Gasteiger partial charge on any atom is 0.258 e. The number of methoxy groups -OCH3 is 2. The zero-order chi connectivity index (χ0) is 11.3. The van der Waals surface area contributed by atoms with E-state index in [-0.39, 0.29) is 5.91 Å². The van der Waals surface area contributed by atoms with Crippen LogP contribution in [0.3, 0.4) is 0 Å². The van der Waals surface area contributed by atoms with Crippen molar-refractivity contribution >= 4 is 5.91 Å². The quantitative estimate of drug-likeness (QED) is 0.688. The summed E-state index contributed by atoms with van der Waals surface area (Å²) in [6.45, 7) is 0.946. The van der Waals surface area contributed by atoms with Crippen molar-refractivity contribution in [3.63, 3.8) is 0 Å². The van der Waals surface area contributed by atoms with Gasteiger partial charge in [-0.25, -0.2) is 0 Å². The van der Waals surface area contributed by atoms with E-state index in [0.717, 1.165) is 0 Å². The summed E-state index contributed by atoms with van der Waals surface area (Å²) >= 11 is 0. The predicted molar refractivity (Wildman–Crippen MR) is 54.0 cm³/mol. The Morgan fingerprint density at radius 2 is 2.33 bits per heavy atom. The highest BCUT2D eigenvalue weighted by molar-refractivity contribution is 5.96. The highest BCUT2D eigenvalue weighted by Gasteiger charge is 2.15. The molecule has 0 bridgehead atoms. The summed E-state index contributed by atoms with van der Waals surface area (Å²) in [4.78, 5) is 11.6. The van der Waals surface area contributed by atoms with Gasteiger partial charge in [0, 0.05) is 26.9 Å². The van der Waals surface area contributed by atoms with Gasteiger partial charge in [0.15, 0.2) is 0 Å². The minimum atomic E-state index is -0.211. The van der Waals surface area contributed by atoms with Gasteiger partial charge in [-0.3, -0.25) is 9.48 Å². The monoisotopic (exact) mass is 213 g/mol. The highest BCUT2D eigenvalue weighted by atomic mass is 16.5. The van der Waals surface area contributed by atoms with Crippen LogP contribution in [0.5, 0.6) is 5.88 Å². The normalized spacial score (nSPS) is 10.1. The molecule has 0 aliphatic heterocycles. The molecule has 0 aliphatic carbocycles. The van der Waals surface area contributed by atoms with Crippen molar-refractivity contribution < 1.29 is 14.3 Å². The summed E-state index contributed by atoms with van der Waals surface area (Å²) in [5.74, 6) is 0.115. The van der Waals surface area contributed by atoms with E-state index in [4.69, 9.17) is 9.47 Å². The minimum absolute atomic E-state index is 0.211. The molecule has 0 aliphatic rings. The average molecular weight is 213 g/mol. The molecule has 15 heavy (non-hydrogen) atoms. The van der Waals surface area contributed by atoms with E-state index in [2.05, 4.69) is 10.4 Å². The van der Waals surface area contributed by atoms with E-state index >= 15 is 0 Å². The Hall–Kier alpha value is -1.56. The van der Waals surface area contributed by atoms with E-state index in [1.54, 1.807) is 20.4 Å². The number of carbonyl (C=O) groups is 1. The van der Waals surface area contributed by atoms with Crippen molar-refractivity contribution in [2.45, 2.75) is 0 Å². The van der Waals surface area contributed by atoms with Gasteiger partial charge in [-0.05, 0) is 0 Å². The highest BCUT2D eigenvalue weighted by Crippen LogP contribution is 2.13. The first kappa shape index (κ1) is 11.5. The fourth-order valence-corrected chi connectivity index (χ4v) is 1.14. The lowest BCUT2D eigenvalue weighted by atomic mass is 10.3. The fourth-order valence-electron chi connectivity index (χ4n) is 1.14. The fraction of sp³-hybridized carbons (Fsp3) is 0.556. The van der Waals surface area contributed by atoms with Crippen LogP contribution in [0.4, 0.5) is 0 Å². The van der Waals surface area contributed by atoms with Crippen LogP contribution in [-0.2, 0) is 11.8 Å². The van der Waals surface area contributed by atoms with E-state index in [1.807, 2.05) is 0 Å². The van der Waals surface area contributed by atoms with Gasteiger partial charge in [-0.1, -0.05) is 0 Å². The molecule has 0 saturated heterocycles. The van der Waals surface area contributed by atoms with Crippen LogP contribution >= 0.6 is 0 Å². The molecular weight excluding hydrogens is 198 g/mol. The lowest BCUT2D eigenvalue weighted by Gasteiger charge is -2.03. The van der Waals surface area contributed by atoms with Gasteiger partial charge in [0.25, 0.3) is 5.91 Å². The minimum Gasteiger partial charge on any atom is -0.479 e. The van der Waals surface area contributed by atoms with Crippen molar-refractivity contribution in [3.8, 4) is 5.88 Å². The Morgan fingerprint density at radius 1 is 1.60 bits per heavy atom. The van der Waals surface area contributed by atoms with Crippen molar-refractivity contribution in [2.75, 3.05) is 27.4 Å². The molecule has 1 rings (SSSR count). The SMILES string of the molecule is COCCNC(=O)c1cn(C)nc1OC. The van der Waals surface area contributed by atoms with Gasteiger partial charge in [0.05, 0.1) is 13.7 Å². The van der Waals surface area contributed by atoms with Crippen LogP contribution in [0.2, 0.25) is 0 Å². The molecule has 0 fully saturated rings. The van der Waals surface area contributed by atoms with E-state index in [9.17, 15) is 4.79 Å². The number of hydrogen-bond acceptors (Lipinski definition) is 4. The molecule has 0 spiro atoms. The summed E-state index contributed by atoms with van der Waals surface area (Å²) in [5.41, 5.74) is 0.427. The van der Waals surface area contributed by atoms with E-state index in [0.29, 0.717) is 24.6 Å². The summed E-state index contributed by atoms with van der Waals surface area (Å²) in [6.07, 6.45) is 1.61. The molecule has 0 atom stereocenters. The zero-order valence-corrected chi connectivity index (χ0v) is 9.11. The van der Waals surface area contributed by atoms with Gasteiger partial charge < -0.3 is 14.8 Å². The first-order valence-corrected chi connectivity index (χ1v) is 4.53. The number of aromatic nitrogens is 2. The second-order valence-corrected chi connectivity index (χ2v) is 2.97. The van der Waals surface area contributed by atoms with E-state index < -0.39 is 0 Å². The van der Waals surface area contributed by atoms with Crippen molar-refractivity contribution in [1.29, 1.82) is 0 Å². The topological polar surface area (TPSA) is 65.4 Å². The molecule has 1 N–H and O–H groups in total. The molecule has 0 radical (unpaired) electrons. The standard InChI is InChI=1S/C9H15N3O3/c1-12-6-7(9(11-12)15-3)8(13)10-4-5-14-2/h6H,4-5H2,1-3H3,(H,10,13). The summed E-state index contributed by atoms with van der Waals surface area (Å²) in [7, 11) is 4.79. The lowest BCUT2D eigenvalue weighted by molar-refractivity contribution is 0.0934. The van der Waals surface area contributed by atoms with Gasteiger partial charge in [-0.15, -0.1) is 5.10 Å². The molecule has 6 heteroatoms. The second-order valence-electron chi connectivity index (χ2n) is 2.97. The molecule has 1 amide bonds. The van der Waals surface area contributed by atoms with Crippen LogP contribution in [0.15, 0.2) is 6.20 Å². The van der Waals surface area contributed by atoms with Crippen LogP contribution in [-0.4, -0.2) is 43.1 Å². The Kier molecular flexibility index (Phi) is 4.11. The molecule has 6 nitrogen and oxygen atoms in total. The number of ether oxygens (including phenoxy) is 2. The van der Waals surface area contributed by atoms with Crippen molar-refractivity contribution in [2.24, 2.45) is 7.05 Å². The Labute approximate surface area is 88.2 Å². The average Bonchev–Trinajstić information content (AvgIpc) is 2.60. The van der Waals surface area contributed by atoms with Crippen LogP contribution in [0.25, 0.3) is 0 Å². The first-order chi connectivity index (χ1) is 7.19. The summed E-state index contributed by atoms with van der Waals surface area (Å²) < 4.78 is 11.3. The number of nitrogens with one attached hydrogen (secondary N) is 1. The molecule has 1 aromatic rings. The van der Waals surface area contributed by atoms with Gasteiger partial charge in [-0.2, -0.15) is 0 Å². The Morgan fingerprint density at radius 3 is 2.93 bits per heavy atom. The third-order valence-corrected chi connectivity index (χ3v) is 1.82. The number of hydrogen-bond donors (Lipinski definition) is 1. The van der Waals surface area contributed by atoms with Crippen LogP contribution in [0, 0.1) is 0 Å². The first-order valence-electron chi connectivity index (χ1n) is 4.53. The van der Waals surface area contributed by atoms with Crippen molar-refractivity contribution in [1.82, 2.24) is 15.1 Å². The van der Waals surface area contributed by atoms with Gasteiger partial charge >= 0.3 is 0 Å². The molecule has 84 valence electrons.